The van der Waals surface area contributed by atoms with Gasteiger partial charge in [0.15, 0.2) is 5.96 Å². The average Bonchev–Trinajstić information content (AvgIpc) is 2.79. The second-order valence-electron chi connectivity index (χ2n) is 8.25. The monoisotopic (exact) mass is 425 g/mol. The van der Waals surface area contributed by atoms with Crippen LogP contribution >= 0.6 is 0 Å². The Labute approximate surface area is 187 Å². The Balaban J connectivity index is 1.29. The molecule has 0 saturated carbocycles. The van der Waals surface area contributed by atoms with E-state index in [1.807, 2.05) is 6.07 Å². The molecule has 170 valence electrons. The van der Waals surface area contributed by atoms with Crippen molar-refractivity contribution in [3.63, 3.8) is 0 Å². The number of nitrogens with zero attached hydrogens (tertiary/aromatic N) is 3. The molecule has 1 aliphatic rings. The molecule has 1 fully saturated rings. The highest BCUT2D eigenvalue weighted by molar-refractivity contribution is 5.83. The molecule has 31 heavy (non-hydrogen) atoms. The van der Waals surface area contributed by atoms with Crippen LogP contribution in [0.2, 0.25) is 0 Å². The number of benzene rings is 2. The largest absolute Gasteiger partial charge is 0.494 e. The predicted octanol–water partition coefficient (Wildman–Crippen LogP) is 3.19. The Morgan fingerprint density at radius 2 is 1.77 bits per heavy atom. The summed E-state index contributed by atoms with van der Waals surface area (Å²) < 4.78 is 5.92. The number of aliphatic imine (C=N–C) groups is 1. The molecule has 0 spiro atoms. The lowest BCUT2D eigenvalue weighted by atomic mass is 10.1. The van der Waals surface area contributed by atoms with Crippen LogP contribution in [0.3, 0.4) is 0 Å². The van der Waals surface area contributed by atoms with Gasteiger partial charge in [-0.2, -0.15) is 0 Å². The van der Waals surface area contributed by atoms with E-state index >= 15 is 0 Å². The van der Waals surface area contributed by atoms with E-state index < -0.39 is 0 Å². The first-order valence-electron chi connectivity index (χ1n) is 11.8. The number of guanidine groups is 1. The Hall–Kier alpha value is -2.31. The van der Waals surface area contributed by atoms with Crippen molar-refractivity contribution in [3.8, 4) is 5.75 Å². The van der Waals surface area contributed by atoms with Gasteiger partial charge in [-0.3, -0.25) is 4.99 Å². The van der Waals surface area contributed by atoms with Crippen LogP contribution in [0, 0.1) is 0 Å². The normalized spacial score (nSPS) is 15.9. The first-order valence-corrected chi connectivity index (χ1v) is 11.8. The van der Waals surface area contributed by atoms with Crippen LogP contribution in [0.4, 0.5) is 0 Å². The minimum atomic E-state index is 0.673. The first-order chi connectivity index (χ1) is 15.2. The van der Waals surface area contributed by atoms with Gasteiger partial charge < -0.3 is 25.2 Å². The molecule has 0 aliphatic carbocycles. The molecule has 6 nitrogen and oxygen atoms in total. The van der Waals surface area contributed by atoms with Crippen molar-refractivity contribution in [1.82, 2.24) is 20.4 Å². The quantitative estimate of drug-likeness (QED) is 0.329. The molecular weight excluding hydrogens is 386 g/mol. The van der Waals surface area contributed by atoms with Gasteiger partial charge in [0, 0.05) is 52.2 Å². The minimum absolute atomic E-state index is 0.673. The fourth-order valence-electron chi connectivity index (χ4n) is 3.78. The summed E-state index contributed by atoms with van der Waals surface area (Å²) in [5.74, 6) is 1.83. The van der Waals surface area contributed by atoms with E-state index in [4.69, 9.17) is 4.74 Å². The maximum atomic E-state index is 5.92. The van der Waals surface area contributed by atoms with Crippen molar-refractivity contribution in [2.24, 2.45) is 4.99 Å². The molecule has 0 amide bonds. The average molecular weight is 426 g/mol. The molecule has 0 bridgehead atoms. The Morgan fingerprint density at radius 1 is 0.968 bits per heavy atom. The second-order valence-corrected chi connectivity index (χ2v) is 8.25. The molecular formula is C25H39N5O. The van der Waals surface area contributed by atoms with Crippen LogP contribution in [0.25, 0.3) is 10.8 Å². The topological polar surface area (TPSA) is 52.1 Å². The fraction of sp³-hybridized carbons (Fsp3) is 0.560. The van der Waals surface area contributed by atoms with E-state index in [0.717, 1.165) is 37.8 Å². The molecule has 2 N–H and O–H groups in total. The molecule has 2 aromatic rings. The number of hydrogen-bond donors (Lipinski definition) is 2. The summed E-state index contributed by atoms with van der Waals surface area (Å²) in [5.41, 5.74) is 0. The molecule has 0 atom stereocenters. The highest BCUT2D eigenvalue weighted by atomic mass is 16.5. The van der Waals surface area contributed by atoms with E-state index in [1.165, 1.54) is 56.3 Å². The number of nitrogens with one attached hydrogen (secondary N) is 2. The maximum Gasteiger partial charge on any atom is 0.191 e. The first kappa shape index (κ1) is 23.4. The second kappa shape index (κ2) is 13.2. The zero-order valence-corrected chi connectivity index (χ0v) is 19.3. The summed E-state index contributed by atoms with van der Waals surface area (Å²) in [6, 6.07) is 14.6. The third-order valence-corrected chi connectivity index (χ3v) is 5.70. The molecule has 3 rings (SSSR count). The number of rotatable bonds is 11. The van der Waals surface area contributed by atoms with Crippen LogP contribution in [0.5, 0.6) is 5.75 Å². The zero-order valence-electron chi connectivity index (χ0n) is 19.3. The van der Waals surface area contributed by atoms with Crippen LogP contribution < -0.4 is 15.4 Å². The summed E-state index contributed by atoms with van der Waals surface area (Å²) >= 11 is 0. The van der Waals surface area contributed by atoms with E-state index in [0.29, 0.717) is 6.61 Å². The van der Waals surface area contributed by atoms with Gasteiger partial charge in [0.05, 0.1) is 6.61 Å². The summed E-state index contributed by atoms with van der Waals surface area (Å²) in [7, 11) is 2.21. The summed E-state index contributed by atoms with van der Waals surface area (Å²) in [6.45, 7) is 11.4. The standard InChI is InChI=1S/C25H39N5O/c1-3-26-25(27-13-6-7-15-30-18-16-29(2)17-19-30)28-14-8-20-31-24-12-11-22-9-4-5-10-23(22)21-24/h4-5,9-12,21H,3,6-8,13-20H2,1-2H3,(H2,26,27,28). The van der Waals surface area contributed by atoms with Gasteiger partial charge in [-0.25, -0.2) is 0 Å². The van der Waals surface area contributed by atoms with Crippen molar-refractivity contribution in [1.29, 1.82) is 0 Å². The summed E-state index contributed by atoms with van der Waals surface area (Å²) in [4.78, 5) is 9.67. The van der Waals surface area contributed by atoms with Crippen LogP contribution in [-0.2, 0) is 0 Å². The third kappa shape index (κ3) is 8.38. The molecule has 0 radical (unpaired) electrons. The number of piperazine rings is 1. The van der Waals surface area contributed by atoms with Gasteiger partial charge >= 0.3 is 0 Å². The number of unbranched alkanes of at least 4 members (excludes halogenated alkanes) is 1. The van der Waals surface area contributed by atoms with E-state index in [-0.39, 0.29) is 0 Å². The minimum Gasteiger partial charge on any atom is -0.494 e. The van der Waals surface area contributed by atoms with Crippen LogP contribution in [0.1, 0.15) is 26.2 Å². The highest BCUT2D eigenvalue weighted by Gasteiger charge is 2.12. The Bertz CT molecular complexity index is 801. The van der Waals surface area contributed by atoms with E-state index in [1.54, 1.807) is 0 Å². The molecule has 0 aromatic heterocycles. The van der Waals surface area contributed by atoms with Crippen molar-refractivity contribution < 1.29 is 4.74 Å². The number of likely N-dealkylation sites (N-methyl/N-ethyl adjacent to an activating group) is 1. The molecule has 0 unspecified atom stereocenters. The van der Waals surface area contributed by atoms with Crippen molar-refractivity contribution >= 4 is 16.7 Å². The molecule has 1 heterocycles. The van der Waals surface area contributed by atoms with Gasteiger partial charge in [-0.15, -0.1) is 0 Å². The van der Waals surface area contributed by atoms with Crippen molar-refractivity contribution in [3.05, 3.63) is 42.5 Å². The number of hydrogen-bond acceptors (Lipinski definition) is 4. The van der Waals surface area contributed by atoms with Gasteiger partial charge in [0.2, 0.25) is 0 Å². The molecule has 1 aliphatic heterocycles. The molecule has 1 saturated heterocycles. The summed E-state index contributed by atoms with van der Waals surface area (Å²) in [5, 5.41) is 9.26. The van der Waals surface area contributed by atoms with Crippen molar-refractivity contribution in [2.75, 3.05) is 66.0 Å². The van der Waals surface area contributed by atoms with Crippen LogP contribution in [0.15, 0.2) is 47.5 Å². The predicted molar refractivity (Wildman–Crippen MR) is 131 cm³/mol. The summed E-state index contributed by atoms with van der Waals surface area (Å²) in [6.07, 6.45) is 3.30. The van der Waals surface area contributed by atoms with E-state index in [9.17, 15) is 0 Å². The SMILES string of the molecule is CCNC(=NCCCOc1ccc2ccccc2c1)NCCCCN1CCN(C)CC1. The number of fused-ring (bicyclic) bond motifs is 1. The van der Waals surface area contributed by atoms with Gasteiger partial charge in [0.25, 0.3) is 0 Å². The Kier molecular flexibility index (Phi) is 9.93. The van der Waals surface area contributed by atoms with Crippen LogP contribution in [-0.4, -0.2) is 81.8 Å². The third-order valence-electron chi connectivity index (χ3n) is 5.70. The van der Waals surface area contributed by atoms with E-state index in [2.05, 4.69) is 75.8 Å². The Morgan fingerprint density at radius 3 is 2.58 bits per heavy atom. The lowest BCUT2D eigenvalue weighted by Gasteiger charge is -2.32. The molecule has 2 aromatic carbocycles. The lowest BCUT2D eigenvalue weighted by Crippen LogP contribution is -2.44. The van der Waals surface area contributed by atoms with Gasteiger partial charge in [0.1, 0.15) is 5.75 Å². The maximum absolute atomic E-state index is 5.92. The smallest absolute Gasteiger partial charge is 0.191 e. The highest BCUT2D eigenvalue weighted by Crippen LogP contribution is 2.20. The van der Waals surface area contributed by atoms with Crippen molar-refractivity contribution in [2.45, 2.75) is 26.2 Å². The van der Waals surface area contributed by atoms with Gasteiger partial charge in [-0.05, 0) is 56.3 Å². The fourth-order valence-corrected chi connectivity index (χ4v) is 3.78. The number of ether oxygens (including phenoxy) is 1. The zero-order chi connectivity index (χ0) is 21.7. The van der Waals surface area contributed by atoms with Gasteiger partial charge in [-0.1, -0.05) is 30.3 Å². The lowest BCUT2D eigenvalue weighted by molar-refractivity contribution is 0.152. The molecule has 6 heteroatoms.